The first-order chi connectivity index (χ1) is 14.2. The van der Waals surface area contributed by atoms with E-state index in [1.807, 2.05) is 0 Å². The minimum atomic E-state index is -1.02. The molecule has 1 heterocycles. The molecule has 2 aromatic rings. The van der Waals surface area contributed by atoms with Gasteiger partial charge in [-0.15, -0.1) is 0 Å². The summed E-state index contributed by atoms with van der Waals surface area (Å²) in [4.78, 5) is 36.3. The SMILES string of the molecule is COC(=O)c1ccc(N(C)c2cc(C(=O)O)ccc2N)cc1.NC(=O)N1CCCC1. The van der Waals surface area contributed by atoms with Crippen molar-refractivity contribution in [1.82, 2.24) is 4.90 Å². The van der Waals surface area contributed by atoms with Gasteiger partial charge in [0.1, 0.15) is 0 Å². The first-order valence-electron chi connectivity index (χ1n) is 9.34. The third-order valence-electron chi connectivity index (χ3n) is 4.73. The van der Waals surface area contributed by atoms with Crippen LogP contribution in [0.2, 0.25) is 0 Å². The molecule has 1 fully saturated rings. The molecule has 160 valence electrons. The third kappa shape index (κ3) is 5.63. The Labute approximate surface area is 174 Å². The number of benzene rings is 2. The van der Waals surface area contributed by atoms with E-state index in [1.54, 1.807) is 47.2 Å². The lowest BCUT2D eigenvalue weighted by Crippen LogP contribution is -2.32. The van der Waals surface area contributed by atoms with Crippen LogP contribution in [0.25, 0.3) is 0 Å². The maximum absolute atomic E-state index is 11.4. The number of hydrogen-bond acceptors (Lipinski definition) is 6. The van der Waals surface area contributed by atoms with Crippen molar-refractivity contribution in [2.45, 2.75) is 12.8 Å². The normalized spacial score (nSPS) is 12.5. The lowest BCUT2D eigenvalue weighted by atomic mass is 10.1. The van der Waals surface area contributed by atoms with Gasteiger partial charge in [0.15, 0.2) is 0 Å². The first kappa shape index (κ1) is 22.5. The van der Waals surface area contributed by atoms with E-state index < -0.39 is 11.9 Å². The number of esters is 1. The average Bonchev–Trinajstić information content (AvgIpc) is 3.29. The Morgan fingerprint density at radius 2 is 1.60 bits per heavy atom. The molecule has 0 atom stereocenters. The Balaban J connectivity index is 0.000000335. The number of nitrogens with zero attached hydrogens (tertiary/aromatic N) is 2. The molecule has 0 radical (unpaired) electrons. The minimum absolute atomic E-state index is 0.155. The number of anilines is 3. The van der Waals surface area contributed by atoms with Crippen molar-refractivity contribution in [2.24, 2.45) is 5.73 Å². The molecule has 0 bridgehead atoms. The largest absolute Gasteiger partial charge is 0.478 e. The van der Waals surface area contributed by atoms with Gasteiger partial charge < -0.3 is 31.1 Å². The summed E-state index contributed by atoms with van der Waals surface area (Å²) in [5.41, 5.74) is 13.3. The number of carbonyl (C=O) groups is 3. The highest BCUT2D eigenvalue weighted by Crippen LogP contribution is 2.30. The number of urea groups is 1. The summed E-state index contributed by atoms with van der Waals surface area (Å²) in [7, 11) is 3.09. The molecule has 0 saturated carbocycles. The van der Waals surface area contributed by atoms with Gasteiger partial charge in [-0.3, -0.25) is 0 Å². The molecule has 1 saturated heterocycles. The Morgan fingerprint density at radius 1 is 1.03 bits per heavy atom. The summed E-state index contributed by atoms with van der Waals surface area (Å²) in [6.45, 7) is 1.71. The van der Waals surface area contributed by atoms with E-state index in [4.69, 9.17) is 16.6 Å². The Bertz CT molecular complexity index is 908. The average molecular weight is 414 g/mol. The van der Waals surface area contributed by atoms with E-state index in [0.29, 0.717) is 16.9 Å². The van der Waals surface area contributed by atoms with E-state index in [9.17, 15) is 14.4 Å². The number of methoxy groups -OCH3 is 1. The monoisotopic (exact) mass is 414 g/mol. The maximum atomic E-state index is 11.4. The Morgan fingerprint density at radius 3 is 2.07 bits per heavy atom. The van der Waals surface area contributed by atoms with Crippen LogP contribution >= 0.6 is 0 Å². The number of aromatic carboxylic acids is 1. The van der Waals surface area contributed by atoms with Gasteiger partial charge >= 0.3 is 18.0 Å². The fourth-order valence-corrected chi connectivity index (χ4v) is 2.98. The predicted molar refractivity (Wildman–Crippen MR) is 114 cm³/mol. The van der Waals surface area contributed by atoms with Gasteiger partial charge in [-0.2, -0.15) is 0 Å². The molecular formula is C21H26N4O5. The number of nitrogen functional groups attached to an aromatic ring is 1. The number of hydrogen-bond donors (Lipinski definition) is 3. The van der Waals surface area contributed by atoms with Crippen molar-refractivity contribution >= 4 is 35.0 Å². The van der Waals surface area contributed by atoms with Crippen LogP contribution in [0.4, 0.5) is 21.9 Å². The van der Waals surface area contributed by atoms with Crippen LogP contribution in [0.1, 0.15) is 33.6 Å². The molecule has 9 heteroatoms. The molecule has 0 unspecified atom stereocenters. The molecule has 2 aromatic carbocycles. The van der Waals surface area contributed by atoms with Crippen molar-refractivity contribution in [2.75, 3.05) is 37.9 Å². The summed E-state index contributed by atoms with van der Waals surface area (Å²) in [5.74, 6) is -1.43. The number of likely N-dealkylation sites (tertiary alicyclic amines) is 1. The highest BCUT2D eigenvalue weighted by molar-refractivity contribution is 5.92. The van der Waals surface area contributed by atoms with Gasteiger partial charge in [-0.05, 0) is 55.3 Å². The second-order valence-electron chi connectivity index (χ2n) is 6.71. The van der Waals surface area contributed by atoms with Crippen molar-refractivity contribution in [3.63, 3.8) is 0 Å². The molecule has 9 nitrogen and oxygen atoms in total. The molecular weight excluding hydrogens is 388 g/mol. The number of rotatable bonds is 4. The summed E-state index contributed by atoms with van der Waals surface area (Å²) in [6, 6.07) is 11.0. The molecule has 1 aliphatic heterocycles. The van der Waals surface area contributed by atoms with Gasteiger partial charge in [-0.1, -0.05) is 0 Å². The lowest BCUT2D eigenvalue weighted by molar-refractivity contribution is 0.0599. The number of ether oxygens (including phenoxy) is 1. The number of amides is 2. The zero-order chi connectivity index (χ0) is 22.3. The van der Waals surface area contributed by atoms with Crippen LogP contribution < -0.4 is 16.4 Å². The number of carboxylic acid groups (broad SMARTS) is 1. The van der Waals surface area contributed by atoms with Gasteiger partial charge in [-0.25, -0.2) is 14.4 Å². The number of primary amides is 1. The van der Waals surface area contributed by atoms with Crippen molar-refractivity contribution < 1.29 is 24.2 Å². The molecule has 5 N–H and O–H groups in total. The predicted octanol–water partition coefficient (Wildman–Crippen LogP) is 2.68. The van der Waals surface area contributed by atoms with Crippen molar-refractivity contribution in [3.05, 3.63) is 53.6 Å². The molecule has 30 heavy (non-hydrogen) atoms. The van der Waals surface area contributed by atoms with Gasteiger partial charge in [0.05, 0.1) is 29.6 Å². The topological polar surface area (TPSA) is 139 Å². The summed E-state index contributed by atoms with van der Waals surface area (Å²) >= 11 is 0. The number of carbonyl (C=O) groups excluding carboxylic acids is 2. The molecule has 0 aromatic heterocycles. The van der Waals surface area contributed by atoms with Crippen LogP contribution in [-0.2, 0) is 4.74 Å². The highest BCUT2D eigenvalue weighted by atomic mass is 16.5. The molecule has 0 aliphatic carbocycles. The van der Waals surface area contributed by atoms with E-state index in [-0.39, 0.29) is 11.6 Å². The zero-order valence-corrected chi connectivity index (χ0v) is 17.0. The van der Waals surface area contributed by atoms with Crippen LogP contribution in [0.15, 0.2) is 42.5 Å². The number of carboxylic acids is 1. The summed E-state index contributed by atoms with van der Waals surface area (Å²) in [6.07, 6.45) is 2.23. The van der Waals surface area contributed by atoms with Gasteiger partial charge in [0.25, 0.3) is 0 Å². The van der Waals surface area contributed by atoms with E-state index in [1.165, 1.54) is 19.2 Å². The highest BCUT2D eigenvalue weighted by Gasteiger charge is 2.14. The lowest BCUT2D eigenvalue weighted by Gasteiger charge is -2.22. The molecule has 2 amide bonds. The fraction of sp³-hybridized carbons (Fsp3) is 0.286. The van der Waals surface area contributed by atoms with Crippen molar-refractivity contribution in [3.8, 4) is 0 Å². The third-order valence-corrected chi connectivity index (χ3v) is 4.73. The van der Waals surface area contributed by atoms with Crippen LogP contribution in [0, 0.1) is 0 Å². The quantitative estimate of drug-likeness (QED) is 0.516. The standard InChI is InChI=1S/C16H16N2O4.C5H10N2O/c1-18(12-6-3-10(4-7-12)16(21)22-2)14-9-11(15(19)20)5-8-13(14)17;6-5(8)7-3-1-2-4-7/h3-9H,17H2,1-2H3,(H,19,20);1-4H2,(H2,6,8). The smallest absolute Gasteiger partial charge is 0.337 e. The maximum Gasteiger partial charge on any atom is 0.337 e. The second kappa shape index (κ2) is 10.1. The van der Waals surface area contributed by atoms with Crippen LogP contribution in [-0.4, -0.2) is 55.2 Å². The Hall–Kier alpha value is -3.75. The minimum Gasteiger partial charge on any atom is -0.478 e. The van der Waals surface area contributed by atoms with Gasteiger partial charge in [0, 0.05) is 25.8 Å². The van der Waals surface area contributed by atoms with E-state index >= 15 is 0 Å². The first-order valence-corrected chi connectivity index (χ1v) is 9.34. The van der Waals surface area contributed by atoms with E-state index in [0.717, 1.165) is 31.6 Å². The zero-order valence-electron chi connectivity index (χ0n) is 17.0. The fourth-order valence-electron chi connectivity index (χ4n) is 2.98. The van der Waals surface area contributed by atoms with Crippen LogP contribution in [0.5, 0.6) is 0 Å². The van der Waals surface area contributed by atoms with E-state index in [2.05, 4.69) is 4.74 Å². The van der Waals surface area contributed by atoms with Gasteiger partial charge in [0.2, 0.25) is 0 Å². The van der Waals surface area contributed by atoms with Crippen LogP contribution in [0.3, 0.4) is 0 Å². The summed E-state index contributed by atoms with van der Waals surface area (Å²) in [5, 5.41) is 9.07. The molecule has 0 spiro atoms. The number of nitrogens with two attached hydrogens (primary N) is 2. The molecule has 1 aliphatic rings. The molecule has 3 rings (SSSR count). The van der Waals surface area contributed by atoms with Crippen molar-refractivity contribution in [1.29, 1.82) is 0 Å². The Kier molecular flexibility index (Phi) is 7.62. The summed E-state index contributed by atoms with van der Waals surface area (Å²) < 4.78 is 4.64. The second-order valence-corrected chi connectivity index (χ2v) is 6.71.